The van der Waals surface area contributed by atoms with Gasteiger partial charge in [0.05, 0.1) is 30.0 Å². The molecule has 9 heteroatoms. The van der Waals surface area contributed by atoms with E-state index in [1.807, 2.05) is 56.7 Å². The van der Waals surface area contributed by atoms with Gasteiger partial charge < -0.3 is 4.74 Å². The molecule has 0 radical (unpaired) electrons. The second-order valence-corrected chi connectivity index (χ2v) is 9.05. The van der Waals surface area contributed by atoms with Gasteiger partial charge in [-0.05, 0) is 36.8 Å². The van der Waals surface area contributed by atoms with Crippen LogP contribution in [-0.4, -0.2) is 35.7 Å². The molecule has 5 rings (SSSR count). The summed E-state index contributed by atoms with van der Waals surface area (Å²) in [6.07, 6.45) is 9.01. The molecule has 8 nitrogen and oxygen atoms in total. The zero-order chi connectivity index (χ0) is 24.4. The summed E-state index contributed by atoms with van der Waals surface area (Å²) in [4.78, 5) is 5.00. The number of nitrogens with zero attached hydrogens (tertiary/aromatic N) is 5. The fourth-order valence-corrected chi connectivity index (χ4v) is 4.65. The maximum atomic E-state index is 12.7. The normalized spacial score (nSPS) is 11.6. The lowest BCUT2D eigenvalue weighted by Crippen LogP contribution is -2.07. The van der Waals surface area contributed by atoms with E-state index in [0.717, 1.165) is 38.2 Å². The van der Waals surface area contributed by atoms with Crippen LogP contribution in [0, 0.1) is 18.8 Å². The first-order valence-corrected chi connectivity index (χ1v) is 11.9. The van der Waals surface area contributed by atoms with E-state index in [2.05, 4.69) is 31.7 Å². The number of benzene rings is 1. The first-order chi connectivity index (χ1) is 17.0. The van der Waals surface area contributed by atoms with Gasteiger partial charge >= 0.3 is 0 Å². The van der Waals surface area contributed by atoms with Gasteiger partial charge in [0, 0.05) is 42.3 Å². The van der Waals surface area contributed by atoms with Crippen LogP contribution in [0.25, 0.3) is 16.6 Å². The lowest BCUT2D eigenvalue weighted by molar-refractivity contribution is 0.417. The summed E-state index contributed by atoms with van der Waals surface area (Å²) in [5.74, 6) is 7.48. The Hall–Kier alpha value is -4.42. The van der Waals surface area contributed by atoms with Crippen molar-refractivity contribution >= 4 is 22.3 Å². The van der Waals surface area contributed by atoms with Gasteiger partial charge in [-0.15, -0.1) is 0 Å². The molecule has 0 aliphatic heterocycles. The first kappa shape index (κ1) is 22.4. The summed E-state index contributed by atoms with van der Waals surface area (Å²) in [6.45, 7) is 1.93. The number of methoxy groups -OCH3 is 1. The minimum absolute atomic E-state index is 0.483. The molecule has 35 heavy (non-hydrogen) atoms. The summed E-state index contributed by atoms with van der Waals surface area (Å²) in [5.41, 5.74) is 5.10. The molecular formula is C26H22N6O2S. The summed E-state index contributed by atoms with van der Waals surface area (Å²) >= 11 is 0. The lowest BCUT2D eigenvalue weighted by Gasteiger charge is -2.07. The average molecular weight is 483 g/mol. The van der Waals surface area contributed by atoms with Crippen molar-refractivity contribution in [1.82, 2.24) is 24.4 Å². The van der Waals surface area contributed by atoms with Crippen LogP contribution in [0.4, 0.5) is 5.82 Å². The van der Waals surface area contributed by atoms with Crippen LogP contribution >= 0.6 is 0 Å². The molecule has 0 saturated carbocycles. The molecule has 0 bridgehead atoms. The SMILES string of the molecule is COc1cc(-c2cnn(C)c2)cn2ncc(C#Cc3ccnc(NS(=O)c4ccccc4C)c3)c12. The molecule has 4 aromatic heterocycles. The maximum absolute atomic E-state index is 12.7. The average Bonchev–Trinajstić information content (AvgIpc) is 3.48. The van der Waals surface area contributed by atoms with E-state index in [1.165, 1.54) is 0 Å². The molecule has 1 unspecified atom stereocenters. The maximum Gasteiger partial charge on any atom is 0.151 e. The van der Waals surface area contributed by atoms with E-state index >= 15 is 0 Å². The monoisotopic (exact) mass is 482 g/mol. The van der Waals surface area contributed by atoms with Gasteiger partial charge in [-0.2, -0.15) is 10.2 Å². The van der Waals surface area contributed by atoms with Crippen LogP contribution < -0.4 is 9.46 Å². The molecule has 5 aromatic rings. The zero-order valence-electron chi connectivity index (χ0n) is 19.4. The van der Waals surface area contributed by atoms with E-state index in [1.54, 1.807) is 47.0 Å². The molecule has 0 amide bonds. The molecule has 0 spiro atoms. The zero-order valence-corrected chi connectivity index (χ0v) is 20.2. The predicted molar refractivity (Wildman–Crippen MR) is 135 cm³/mol. The van der Waals surface area contributed by atoms with E-state index in [9.17, 15) is 4.21 Å². The van der Waals surface area contributed by atoms with Crippen molar-refractivity contribution in [2.45, 2.75) is 11.8 Å². The van der Waals surface area contributed by atoms with Gasteiger partial charge in [-0.3, -0.25) is 9.40 Å². The number of nitrogens with one attached hydrogen (secondary N) is 1. The van der Waals surface area contributed by atoms with Gasteiger partial charge in [0.15, 0.2) is 11.0 Å². The third kappa shape index (κ3) is 4.65. The smallest absolute Gasteiger partial charge is 0.151 e. The number of pyridine rings is 2. The minimum Gasteiger partial charge on any atom is -0.494 e. The standard InChI is InChI=1S/C26H22N6O2S/c1-18-6-4-5-7-24(18)35(33)30-25-12-19(10-11-27-25)8-9-20-14-29-32-17-21(13-23(34-3)26(20)32)22-15-28-31(2)16-22/h4-7,10-17H,1-3H3,(H,27,30). The Morgan fingerprint density at radius 1 is 1.03 bits per heavy atom. The summed E-state index contributed by atoms with van der Waals surface area (Å²) in [7, 11) is 2.08. The molecule has 174 valence electrons. The Morgan fingerprint density at radius 2 is 1.89 bits per heavy atom. The van der Waals surface area contributed by atoms with E-state index in [0.29, 0.717) is 11.6 Å². The van der Waals surface area contributed by atoms with E-state index in [4.69, 9.17) is 4.74 Å². The second kappa shape index (κ2) is 9.44. The van der Waals surface area contributed by atoms with E-state index < -0.39 is 11.0 Å². The van der Waals surface area contributed by atoms with Gasteiger partial charge in [0.1, 0.15) is 17.1 Å². The summed E-state index contributed by atoms with van der Waals surface area (Å²) < 4.78 is 24.8. The van der Waals surface area contributed by atoms with Crippen LogP contribution in [-0.2, 0) is 18.0 Å². The van der Waals surface area contributed by atoms with Crippen molar-refractivity contribution in [3.63, 3.8) is 0 Å². The third-order valence-corrected chi connectivity index (χ3v) is 6.68. The second-order valence-electron chi connectivity index (χ2n) is 7.87. The number of rotatable bonds is 5. The molecule has 1 aromatic carbocycles. The van der Waals surface area contributed by atoms with Gasteiger partial charge in [0.2, 0.25) is 0 Å². The quantitative estimate of drug-likeness (QED) is 0.383. The van der Waals surface area contributed by atoms with Crippen molar-refractivity contribution in [3.05, 3.63) is 90.1 Å². The number of hydrogen-bond donors (Lipinski definition) is 1. The van der Waals surface area contributed by atoms with E-state index in [-0.39, 0.29) is 0 Å². The third-order valence-electron chi connectivity index (χ3n) is 5.43. The van der Waals surface area contributed by atoms with Gasteiger partial charge in [0.25, 0.3) is 0 Å². The van der Waals surface area contributed by atoms with Crippen LogP contribution in [0.1, 0.15) is 16.7 Å². The lowest BCUT2D eigenvalue weighted by atomic mass is 10.1. The Morgan fingerprint density at radius 3 is 2.66 bits per heavy atom. The molecule has 0 aliphatic rings. The van der Waals surface area contributed by atoms with Crippen molar-refractivity contribution in [3.8, 4) is 28.7 Å². The first-order valence-electron chi connectivity index (χ1n) is 10.8. The molecule has 1 N–H and O–H groups in total. The topological polar surface area (TPSA) is 86.3 Å². The van der Waals surface area contributed by atoms with Gasteiger partial charge in [-0.25, -0.2) is 13.7 Å². The van der Waals surface area contributed by atoms with Crippen molar-refractivity contribution in [2.24, 2.45) is 7.05 Å². The highest BCUT2D eigenvalue weighted by Gasteiger charge is 2.13. The Labute approximate surface area is 205 Å². The molecular weight excluding hydrogens is 460 g/mol. The van der Waals surface area contributed by atoms with Crippen LogP contribution in [0.15, 0.2) is 78.3 Å². The molecule has 4 heterocycles. The van der Waals surface area contributed by atoms with Gasteiger partial charge in [-0.1, -0.05) is 30.0 Å². The number of anilines is 1. The number of ether oxygens (including phenoxy) is 1. The number of aromatic nitrogens is 5. The summed E-state index contributed by atoms with van der Waals surface area (Å²) in [5, 5.41) is 8.71. The highest BCUT2D eigenvalue weighted by Crippen LogP contribution is 2.29. The Kier molecular flexibility index (Phi) is 6.04. The van der Waals surface area contributed by atoms with Crippen LogP contribution in [0.5, 0.6) is 5.75 Å². The molecule has 0 saturated heterocycles. The highest BCUT2D eigenvalue weighted by molar-refractivity contribution is 7.86. The number of hydrogen-bond acceptors (Lipinski definition) is 5. The fourth-order valence-electron chi connectivity index (χ4n) is 3.68. The van der Waals surface area contributed by atoms with Crippen LogP contribution in [0.3, 0.4) is 0 Å². The molecule has 0 fully saturated rings. The van der Waals surface area contributed by atoms with Crippen molar-refractivity contribution < 1.29 is 8.95 Å². The van der Waals surface area contributed by atoms with Crippen LogP contribution in [0.2, 0.25) is 0 Å². The van der Waals surface area contributed by atoms with Crippen molar-refractivity contribution in [1.29, 1.82) is 0 Å². The predicted octanol–water partition coefficient (Wildman–Crippen LogP) is 3.98. The largest absolute Gasteiger partial charge is 0.494 e. The number of aryl methyl sites for hydroxylation is 2. The highest BCUT2D eigenvalue weighted by atomic mass is 32.2. The molecule has 0 aliphatic carbocycles. The molecule has 1 atom stereocenters. The summed E-state index contributed by atoms with van der Waals surface area (Å²) in [6, 6.07) is 13.1. The minimum atomic E-state index is -1.42. The Balaban J connectivity index is 1.43. The fraction of sp³-hybridized carbons (Fsp3) is 0.115. The van der Waals surface area contributed by atoms with Crippen molar-refractivity contribution in [2.75, 3.05) is 11.8 Å². The number of fused-ring (bicyclic) bond motifs is 1. The Bertz CT molecular complexity index is 1630.